The van der Waals surface area contributed by atoms with Gasteiger partial charge in [-0.1, -0.05) is 0 Å². The first-order valence-corrected chi connectivity index (χ1v) is 10.5. The molecule has 0 spiro atoms. The number of alkyl halides is 1. The number of amides is 2. The van der Waals surface area contributed by atoms with Gasteiger partial charge in [0.15, 0.2) is 6.61 Å². The third-order valence-electron chi connectivity index (χ3n) is 6.58. The molecule has 0 aromatic heterocycles. The first kappa shape index (κ1) is 20.2. The molecular formula is C22H27ClN2O4. The van der Waals surface area contributed by atoms with Crippen LogP contribution in [0.15, 0.2) is 24.3 Å². The van der Waals surface area contributed by atoms with Crippen molar-refractivity contribution >= 4 is 35.1 Å². The van der Waals surface area contributed by atoms with Crippen LogP contribution in [0.1, 0.15) is 48.9 Å². The number of rotatable bonds is 5. The Morgan fingerprint density at radius 3 is 2.28 bits per heavy atom. The lowest BCUT2D eigenvalue weighted by Crippen LogP contribution is -2.56. The van der Waals surface area contributed by atoms with Crippen molar-refractivity contribution in [1.82, 2.24) is 4.90 Å². The Morgan fingerprint density at radius 2 is 1.72 bits per heavy atom. The molecule has 0 heterocycles. The van der Waals surface area contributed by atoms with E-state index in [9.17, 15) is 14.4 Å². The zero-order valence-corrected chi connectivity index (χ0v) is 17.6. The number of nitrogens with zero attached hydrogens (tertiary/aromatic N) is 1. The van der Waals surface area contributed by atoms with Gasteiger partial charge in [-0.2, -0.15) is 0 Å². The highest BCUT2D eigenvalue weighted by Gasteiger charge is 2.60. The van der Waals surface area contributed by atoms with Gasteiger partial charge in [0.25, 0.3) is 11.8 Å². The quantitative estimate of drug-likeness (QED) is 0.587. The van der Waals surface area contributed by atoms with Crippen molar-refractivity contribution in [2.45, 2.75) is 43.4 Å². The number of carbonyl (C=O) groups is 3. The van der Waals surface area contributed by atoms with Gasteiger partial charge >= 0.3 is 5.97 Å². The number of hydrogen-bond acceptors (Lipinski definition) is 4. The minimum atomic E-state index is -0.514. The molecule has 4 bridgehead atoms. The SMILES string of the molecule is CN(C)C(=O)c1ccc(NC(=O)COC(=O)C23C[C@@H]4C[C@@H](CC(Cl)(C4)C2)C3)cc1. The second-order valence-corrected chi connectivity index (χ2v) is 10.1. The van der Waals surface area contributed by atoms with Gasteiger partial charge in [-0.15, -0.1) is 11.6 Å². The summed E-state index contributed by atoms with van der Waals surface area (Å²) in [4.78, 5) is 38.3. The fourth-order valence-electron chi connectivity index (χ4n) is 5.83. The van der Waals surface area contributed by atoms with Crippen LogP contribution in [0.2, 0.25) is 0 Å². The monoisotopic (exact) mass is 418 g/mol. The fourth-order valence-corrected chi connectivity index (χ4v) is 6.52. The van der Waals surface area contributed by atoms with E-state index in [0.717, 1.165) is 32.1 Å². The molecule has 4 aliphatic rings. The summed E-state index contributed by atoms with van der Waals surface area (Å²) in [5.74, 6) is 0.218. The van der Waals surface area contributed by atoms with Gasteiger partial charge in [0.05, 0.1) is 5.41 Å². The molecule has 2 amide bonds. The largest absolute Gasteiger partial charge is 0.455 e. The highest BCUT2D eigenvalue weighted by Crippen LogP contribution is 2.64. The van der Waals surface area contributed by atoms with Crippen LogP contribution in [0.25, 0.3) is 0 Å². The van der Waals surface area contributed by atoms with Crippen LogP contribution in [0.5, 0.6) is 0 Å². The number of benzene rings is 1. The van der Waals surface area contributed by atoms with Gasteiger partial charge in [0, 0.05) is 30.2 Å². The van der Waals surface area contributed by atoms with Crippen molar-refractivity contribution in [3.63, 3.8) is 0 Å². The first-order chi connectivity index (χ1) is 13.7. The zero-order valence-electron chi connectivity index (χ0n) is 16.9. The molecule has 5 rings (SSSR count). The smallest absolute Gasteiger partial charge is 0.312 e. The summed E-state index contributed by atoms with van der Waals surface area (Å²) in [5.41, 5.74) is 0.576. The number of anilines is 1. The second kappa shape index (κ2) is 7.31. The lowest BCUT2D eigenvalue weighted by molar-refractivity contribution is -0.171. The van der Waals surface area contributed by atoms with Gasteiger partial charge in [0.1, 0.15) is 0 Å². The molecule has 4 aliphatic carbocycles. The maximum atomic E-state index is 12.9. The average molecular weight is 419 g/mol. The fraction of sp³-hybridized carbons (Fsp3) is 0.591. The maximum Gasteiger partial charge on any atom is 0.312 e. The van der Waals surface area contributed by atoms with Crippen LogP contribution in [0.4, 0.5) is 5.69 Å². The summed E-state index contributed by atoms with van der Waals surface area (Å²) < 4.78 is 5.43. The number of carbonyl (C=O) groups excluding carboxylic acids is 3. The number of nitrogens with one attached hydrogen (secondary N) is 1. The van der Waals surface area contributed by atoms with Crippen molar-refractivity contribution < 1.29 is 19.1 Å². The van der Waals surface area contributed by atoms with Gasteiger partial charge in [-0.25, -0.2) is 0 Å². The average Bonchev–Trinajstić information content (AvgIpc) is 2.64. The Kier molecular flexibility index (Phi) is 5.09. The van der Waals surface area contributed by atoms with Crippen molar-refractivity contribution in [2.75, 3.05) is 26.0 Å². The van der Waals surface area contributed by atoms with Gasteiger partial charge in [0.2, 0.25) is 0 Å². The molecule has 0 saturated heterocycles. The van der Waals surface area contributed by atoms with Crippen LogP contribution in [-0.4, -0.2) is 48.3 Å². The third-order valence-corrected chi connectivity index (χ3v) is 7.02. The first-order valence-electron chi connectivity index (χ1n) is 10.2. The van der Waals surface area contributed by atoms with Gasteiger partial charge < -0.3 is 15.0 Å². The lowest BCUT2D eigenvalue weighted by Gasteiger charge is -2.58. The maximum absolute atomic E-state index is 12.9. The van der Waals surface area contributed by atoms with Crippen molar-refractivity contribution in [3.05, 3.63) is 29.8 Å². The van der Waals surface area contributed by atoms with E-state index in [-0.39, 0.29) is 23.4 Å². The minimum Gasteiger partial charge on any atom is -0.455 e. The van der Waals surface area contributed by atoms with Crippen LogP contribution >= 0.6 is 11.6 Å². The molecule has 2 unspecified atom stereocenters. The van der Waals surface area contributed by atoms with Gasteiger partial charge in [-0.05, 0) is 74.6 Å². The topological polar surface area (TPSA) is 75.7 Å². The molecule has 0 radical (unpaired) electrons. The van der Waals surface area contributed by atoms with Crippen molar-refractivity contribution in [1.29, 1.82) is 0 Å². The van der Waals surface area contributed by atoms with Crippen LogP contribution < -0.4 is 5.32 Å². The molecular weight excluding hydrogens is 392 g/mol. The van der Waals surface area contributed by atoms with E-state index in [4.69, 9.17) is 16.3 Å². The number of halogens is 1. The lowest BCUT2D eigenvalue weighted by atomic mass is 9.49. The molecule has 156 valence electrons. The van der Waals surface area contributed by atoms with E-state index < -0.39 is 11.3 Å². The second-order valence-electron chi connectivity index (χ2n) is 9.29. The molecule has 1 aromatic rings. The molecule has 0 aliphatic heterocycles. The van der Waals surface area contributed by atoms with E-state index in [1.54, 1.807) is 38.4 Å². The van der Waals surface area contributed by atoms with E-state index in [1.165, 1.54) is 4.90 Å². The Morgan fingerprint density at radius 1 is 1.10 bits per heavy atom. The standard InChI is InChI=1S/C22H27ClN2O4/c1-25(2)19(27)16-3-5-17(6-4-16)24-18(26)12-29-20(28)21-8-14-7-15(9-21)11-22(23,10-14)13-21/h3-6,14-15H,7-13H2,1-2H3,(H,24,26)/t14-,15+,21?,22?. The van der Waals surface area contributed by atoms with E-state index in [0.29, 0.717) is 29.5 Å². The molecule has 4 saturated carbocycles. The summed E-state index contributed by atoms with van der Waals surface area (Å²) in [6, 6.07) is 6.62. The Balaban J connectivity index is 1.32. The third kappa shape index (κ3) is 4.00. The van der Waals surface area contributed by atoms with Crippen LogP contribution in [-0.2, 0) is 14.3 Å². The number of ether oxygens (including phenoxy) is 1. The van der Waals surface area contributed by atoms with E-state index >= 15 is 0 Å². The number of esters is 1. The van der Waals surface area contributed by atoms with Gasteiger partial charge in [-0.3, -0.25) is 14.4 Å². The molecule has 29 heavy (non-hydrogen) atoms. The molecule has 6 nitrogen and oxygen atoms in total. The molecule has 4 fully saturated rings. The Hall–Kier alpha value is -2.08. The van der Waals surface area contributed by atoms with E-state index in [2.05, 4.69) is 5.32 Å². The normalized spacial score (nSPS) is 32.0. The van der Waals surface area contributed by atoms with Crippen LogP contribution in [0, 0.1) is 17.3 Å². The predicted molar refractivity (Wildman–Crippen MR) is 110 cm³/mol. The Labute approximate surface area is 175 Å². The van der Waals surface area contributed by atoms with Crippen LogP contribution in [0.3, 0.4) is 0 Å². The van der Waals surface area contributed by atoms with Crippen molar-refractivity contribution in [2.24, 2.45) is 17.3 Å². The number of hydrogen-bond donors (Lipinski definition) is 1. The predicted octanol–water partition coefficient (Wildman–Crippen LogP) is 3.45. The highest BCUT2D eigenvalue weighted by molar-refractivity contribution is 6.24. The van der Waals surface area contributed by atoms with Crippen molar-refractivity contribution in [3.8, 4) is 0 Å². The summed E-state index contributed by atoms with van der Waals surface area (Å²) in [7, 11) is 3.37. The molecule has 1 aromatic carbocycles. The molecule has 4 atom stereocenters. The van der Waals surface area contributed by atoms with E-state index in [1.807, 2.05) is 0 Å². The molecule has 7 heteroatoms. The Bertz CT molecular complexity index is 822. The minimum absolute atomic E-state index is 0.107. The summed E-state index contributed by atoms with van der Waals surface area (Å²) in [6.07, 6.45) is 5.48. The summed E-state index contributed by atoms with van der Waals surface area (Å²) >= 11 is 6.77. The summed E-state index contributed by atoms with van der Waals surface area (Å²) in [6.45, 7) is -0.316. The summed E-state index contributed by atoms with van der Waals surface area (Å²) in [5, 5.41) is 2.71. The molecule has 1 N–H and O–H groups in total. The zero-order chi connectivity index (χ0) is 20.8. The highest BCUT2D eigenvalue weighted by atomic mass is 35.5.